The van der Waals surface area contributed by atoms with Crippen molar-refractivity contribution in [1.29, 1.82) is 0 Å². The third-order valence-electron chi connectivity index (χ3n) is 3.41. The molecule has 3 nitrogen and oxygen atoms in total. The Morgan fingerprint density at radius 3 is 2.87 bits per heavy atom. The number of aromatic nitrogens is 2. The van der Waals surface area contributed by atoms with E-state index in [0.717, 1.165) is 11.2 Å². The van der Waals surface area contributed by atoms with Crippen molar-refractivity contribution in [3.8, 4) is 0 Å². The number of benzene rings is 1. The quantitative estimate of drug-likeness (QED) is 0.697. The first-order valence-electron chi connectivity index (χ1n) is 5.59. The largest absolute Gasteiger partial charge is 0.397 e. The van der Waals surface area contributed by atoms with Crippen LogP contribution in [-0.2, 0) is 0 Å². The van der Waals surface area contributed by atoms with E-state index in [1.165, 1.54) is 36.8 Å². The van der Waals surface area contributed by atoms with E-state index in [-0.39, 0.29) is 0 Å². The second kappa shape index (κ2) is 3.26. The van der Waals surface area contributed by atoms with Gasteiger partial charge in [-0.15, -0.1) is 0 Å². The summed E-state index contributed by atoms with van der Waals surface area (Å²) in [4.78, 5) is 0. The summed E-state index contributed by atoms with van der Waals surface area (Å²) in [5, 5.41) is 8.69. The molecule has 1 aromatic heterocycles. The zero-order valence-corrected chi connectivity index (χ0v) is 8.66. The molecule has 0 bridgehead atoms. The number of nitrogen functional groups attached to an aromatic ring is 1. The van der Waals surface area contributed by atoms with Crippen molar-refractivity contribution < 1.29 is 0 Å². The molecule has 1 aliphatic rings. The van der Waals surface area contributed by atoms with E-state index in [9.17, 15) is 0 Å². The number of nitrogens with two attached hydrogens (primary N) is 1. The minimum Gasteiger partial charge on any atom is -0.397 e. The van der Waals surface area contributed by atoms with Crippen LogP contribution in [0.25, 0.3) is 10.9 Å². The number of para-hydroxylation sites is 1. The minimum atomic E-state index is 0.664. The van der Waals surface area contributed by atoms with Crippen LogP contribution < -0.4 is 5.73 Å². The van der Waals surface area contributed by atoms with Crippen LogP contribution in [0.2, 0.25) is 0 Å². The molecule has 78 valence electrons. The summed E-state index contributed by atoms with van der Waals surface area (Å²) in [6.07, 6.45) is 5.25. The summed E-state index contributed by atoms with van der Waals surface area (Å²) in [7, 11) is 0. The molecule has 0 amide bonds. The third-order valence-corrected chi connectivity index (χ3v) is 3.41. The van der Waals surface area contributed by atoms with Gasteiger partial charge in [0.05, 0.1) is 5.69 Å². The van der Waals surface area contributed by atoms with Gasteiger partial charge in [0.1, 0.15) is 5.52 Å². The van der Waals surface area contributed by atoms with Gasteiger partial charge < -0.3 is 5.73 Å². The maximum absolute atomic E-state index is 5.89. The summed E-state index contributed by atoms with van der Waals surface area (Å²) in [5.41, 5.74) is 8.87. The average Bonchev–Trinajstić information content (AvgIpc) is 2.85. The Morgan fingerprint density at radius 2 is 2.07 bits per heavy atom. The van der Waals surface area contributed by atoms with Gasteiger partial charge in [-0.1, -0.05) is 25.0 Å². The van der Waals surface area contributed by atoms with Crippen LogP contribution in [0.4, 0.5) is 5.69 Å². The van der Waals surface area contributed by atoms with E-state index in [1.54, 1.807) is 0 Å². The van der Waals surface area contributed by atoms with Crippen molar-refractivity contribution in [2.75, 3.05) is 5.73 Å². The molecule has 1 saturated carbocycles. The van der Waals surface area contributed by atoms with Gasteiger partial charge in [0, 0.05) is 17.0 Å². The number of fused-ring (bicyclic) bond motifs is 1. The van der Waals surface area contributed by atoms with Crippen molar-refractivity contribution in [2.24, 2.45) is 0 Å². The Bertz CT molecular complexity index is 481. The van der Waals surface area contributed by atoms with Crippen LogP contribution in [0.5, 0.6) is 0 Å². The minimum absolute atomic E-state index is 0.664. The lowest BCUT2D eigenvalue weighted by Gasteiger charge is -2.06. The highest BCUT2D eigenvalue weighted by Crippen LogP contribution is 2.37. The summed E-state index contributed by atoms with van der Waals surface area (Å²) in [5.74, 6) is 0.664. The van der Waals surface area contributed by atoms with Gasteiger partial charge in [0.15, 0.2) is 0 Å². The highest BCUT2D eigenvalue weighted by molar-refractivity contribution is 5.91. The highest BCUT2D eigenvalue weighted by Gasteiger charge is 2.21. The highest BCUT2D eigenvalue weighted by atomic mass is 15.1. The fourth-order valence-corrected chi connectivity index (χ4v) is 2.61. The number of nitrogens with zero attached hydrogens (tertiary/aromatic N) is 1. The molecule has 1 heterocycles. The van der Waals surface area contributed by atoms with Crippen LogP contribution >= 0.6 is 0 Å². The molecule has 0 radical (unpaired) electrons. The number of nitrogens with one attached hydrogen (secondary N) is 1. The standard InChI is InChI=1S/C12H15N3/c13-10-7-3-6-9-11(14-15-12(9)10)8-4-1-2-5-8/h3,6-8H,1-2,4-5,13H2,(H,14,15). The van der Waals surface area contributed by atoms with E-state index < -0.39 is 0 Å². The van der Waals surface area contributed by atoms with E-state index in [2.05, 4.69) is 16.3 Å². The fourth-order valence-electron chi connectivity index (χ4n) is 2.61. The van der Waals surface area contributed by atoms with Crippen molar-refractivity contribution >= 4 is 16.6 Å². The molecular weight excluding hydrogens is 186 g/mol. The Balaban J connectivity index is 2.15. The molecular formula is C12H15N3. The predicted molar refractivity (Wildman–Crippen MR) is 61.7 cm³/mol. The van der Waals surface area contributed by atoms with Crippen molar-refractivity contribution in [2.45, 2.75) is 31.6 Å². The van der Waals surface area contributed by atoms with Gasteiger partial charge in [-0.05, 0) is 18.9 Å². The lowest BCUT2D eigenvalue weighted by atomic mass is 10.0. The molecule has 0 aliphatic heterocycles. The molecule has 2 aromatic rings. The Kier molecular flexibility index (Phi) is 1.91. The Hall–Kier alpha value is -1.51. The van der Waals surface area contributed by atoms with Gasteiger partial charge in [-0.2, -0.15) is 5.10 Å². The molecule has 0 atom stereocenters. The molecule has 0 spiro atoms. The zero-order valence-electron chi connectivity index (χ0n) is 8.66. The summed E-state index contributed by atoms with van der Waals surface area (Å²) in [6.45, 7) is 0. The van der Waals surface area contributed by atoms with Crippen molar-refractivity contribution in [1.82, 2.24) is 10.2 Å². The van der Waals surface area contributed by atoms with E-state index in [1.807, 2.05) is 12.1 Å². The number of anilines is 1. The SMILES string of the molecule is Nc1cccc2c(C3CCCC3)[nH]nc12. The molecule has 3 N–H and O–H groups in total. The molecule has 0 unspecified atom stereocenters. The van der Waals surface area contributed by atoms with Crippen molar-refractivity contribution in [3.05, 3.63) is 23.9 Å². The molecule has 15 heavy (non-hydrogen) atoms. The Morgan fingerprint density at radius 1 is 1.27 bits per heavy atom. The normalized spacial score (nSPS) is 17.6. The third kappa shape index (κ3) is 1.30. The molecule has 3 rings (SSSR count). The smallest absolute Gasteiger partial charge is 0.115 e. The maximum Gasteiger partial charge on any atom is 0.115 e. The molecule has 3 heteroatoms. The fraction of sp³-hybridized carbons (Fsp3) is 0.417. The summed E-state index contributed by atoms with van der Waals surface area (Å²) < 4.78 is 0. The van der Waals surface area contributed by atoms with Crippen LogP contribution in [-0.4, -0.2) is 10.2 Å². The number of H-pyrrole nitrogens is 1. The first-order valence-corrected chi connectivity index (χ1v) is 5.59. The molecule has 1 aliphatic carbocycles. The summed E-state index contributed by atoms with van der Waals surface area (Å²) in [6, 6.07) is 6.02. The second-order valence-corrected chi connectivity index (χ2v) is 4.36. The van der Waals surface area contributed by atoms with Gasteiger partial charge >= 0.3 is 0 Å². The van der Waals surface area contributed by atoms with Crippen LogP contribution in [0.15, 0.2) is 18.2 Å². The number of rotatable bonds is 1. The monoisotopic (exact) mass is 201 g/mol. The number of hydrogen-bond donors (Lipinski definition) is 2. The van der Waals surface area contributed by atoms with Crippen LogP contribution in [0.1, 0.15) is 37.3 Å². The molecule has 1 fully saturated rings. The predicted octanol–water partition coefficient (Wildman–Crippen LogP) is 2.80. The average molecular weight is 201 g/mol. The second-order valence-electron chi connectivity index (χ2n) is 4.36. The topological polar surface area (TPSA) is 54.7 Å². The van der Waals surface area contributed by atoms with Gasteiger partial charge in [0.25, 0.3) is 0 Å². The maximum atomic E-state index is 5.89. The van der Waals surface area contributed by atoms with E-state index in [4.69, 9.17) is 5.73 Å². The first kappa shape index (κ1) is 8.77. The lowest BCUT2D eigenvalue weighted by Crippen LogP contribution is -1.93. The van der Waals surface area contributed by atoms with Crippen LogP contribution in [0.3, 0.4) is 0 Å². The van der Waals surface area contributed by atoms with Crippen LogP contribution in [0, 0.1) is 0 Å². The Labute approximate surface area is 88.7 Å². The number of hydrogen-bond acceptors (Lipinski definition) is 2. The van der Waals surface area contributed by atoms with Crippen molar-refractivity contribution in [3.63, 3.8) is 0 Å². The van der Waals surface area contributed by atoms with Gasteiger partial charge in [0.2, 0.25) is 0 Å². The zero-order chi connectivity index (χ0) is 10.3. The number of aromatic amines is 1. The van der Waals surface area contributed by atoms with E-state index >= 15 is 0 Å². The van der Waals surface area contributed by atoms with E-state index in [0.29, 0.717) is 5.92 Å². The first-order chi connectivity index (χ1) is 7.36. The molecule has 1 aromatic carbocycles. The molecule has 0 saturated heterocycles. The summed E-state index contributed by atoms with van der Waals surface area (Å²) >= 11 is 0. The van der Waals surface area contributed by atoms with Gasteiger partial charge in [-0.25, -0.2) is 0 Å². The van der Waals surface area contributed by atoms with Gasteiger partial charge in [-0.3, -0.25) is 5.10 Å². The lowest BCUT2D eigenvalue weighted by molar-refractivity contribution is 0.698.